The average Bonchev–Trinajstić information content (AvgIpc) is 0.918. The maximum atomic E-state index is 8.12. The molecule has 0 aromatic heterocycles. The number of rotatable bonds is 0. The van der Waals surface area contributed by atoms with E-state index >= 15 is 0 Å². The molecule has 0 atom stereocenters. The minimum absolute atomic E-state index is 0. The predicted octanol–water partition coefficient (Wildman–Crippen LogP) is -1.09. The summed E-state index contributed by atoms with van der Waals surface area (Å²) in [5.41, 5.74) is 0. The molecule has 0 amide bonds. The summed E-state index contributed by atoms with van der Waals surface area (Å²) in [7, 11) is 0. The van der Waals surface area contributed by atoms with Crippen LogP contribution >= 0.6 is 12.4 Å². The van der Waals surface area contributed by atoms with Crippen LogP contribution in [0.1, 0.15) is 0 Å². The first-order chi connectivity index (χ1) is 1.41. The molecule has 0 spiro atoms. The molecular weight excluding hydrogens is 95.5 g/mol. The van der Waals surface area contributed by atoms with Crippen LogP contribution in [-0.4, -0.2) is 0 Å². The van der Waals surface area contributed by atoms with E-state index in [1.165, 1.54) is 0 Å². The maximum Gasteiger partial charge on any atom is 0.00366 e. The van der Waals surface area contributed by atoms with Crippen LogP contribution in [0.2, 0.25) is 0 Å². The Balaban J connectivity index is -0.0000000200. The van der Waals surface area contributed by atoms with E-state index in [9.17, 15) is 0 Å². The number of halogens is 1. The second-order valence-corrected chi connectivity index (χ2v) is 0.0833. The summed E-state index contributed by atoms with van der Waals surface area (Å²) in [5.74, 6) is 0. The van der Waals surface area contributed by atoms with Gasteiger partial charge in [0, 0.05) is 5.34 Å². The summed E-state index contributed by atoms with van der Waals surface area (Å²) < 4.78 is 0. The number of hydrogen-bond acceptors (Lipinski definition) is 3. The van der Waals surface area contributed by atoms with Crippen molar-refractivity contribution in [3.05, 3.63) is 10.1 Å². The smallest absolute Gasteiger partial charge is 0.00366 e. The lowest BCUT2D eigenvalue weighted by Gasteiger charge is -1.36. The monoisotopic (exact) mass is 100 g/mol. The summed E-state index contributed by atoms with van der Waals surface area (Å²) in [6, 6.07) is 0. The van der Waals surface area contributed by atoms with Crippen LogP contribution in [0.4, 0.5) is 0 Å². The molecule has 4 N–H and O–H groups in total. The Morgan fingerprint density at radius 3 is 1.60 bits per heavy atom. The van der Waals surface area contributed by atoms with Crippen LogP contribution in [0.25, 0.3) is 0 Å². The zero-order chi connectivity index (χ0) is 2.71. The molecule has 34 valence electrons. The first-order valence-electron chi connectivity index (χ1n) is 0.408. The maximum absolute atomic E-state index is 8.12. The van der Waals surface area contributed by atoms with Crippen LogP contribution in [0.15, 0.2) is 0 Å². The molecule has 0 aliphatic heterocycles. The molecule has 0 aromatic rings. The van der Waals surface area contributed by atoms with Gasteiger partial charge in [-0.15, -0.1) is 12.4 Å². The zero-order valence-corrected chi connectivity index (χ0v) is 3.25. The van der Waals surface area contributed by atoms with E-state index in [0.29, 0.717) is 0 Å². The first-order valence-corrected chi connectivity index (χ1v) is 0.408. The molecule has 0 saturated carbocycles. The van der Waals surface area contributed by atoms with Crippen LogP contribution in [0.5, 0.6) is 0 Å². The minimum Gasteiger partial charge on any atom is -0.344 e. The van der Waals surface area contributed by atoms with Crippen molar-refractivity contribution < 1.29 is 5.34 Å². The van der Waals surface area contributed by atoms with Gasteiger partial charge in [0.2, 0.25) is 0 Å². The molecule has 0 rings (SSSR count). The van der Waals surface area contributed by atoms with Gasteiger partial charge in [0.05, 0.1) is 0 Å². The SMILES string of the molecule is Cl.N.O=[NH+][O-]. The largest absolute Gasteiger partial charge is 0.344 e. The summed E-state index contributed by atoms with van der Waals surface area (Å²) >= 11 is 0. The Hall–Kier alpha value is -0.350. The van der Waals surface area contributed by atoms with Crippen molar-refractivity contribution in [2.45, 2.75) is 0 Å². The van der Waals surface area contributed by atoms with Gasteiger partial charge in [-0.3, -0.25) is 10.1 Å². The Labute approximate surface area is 35.1 Å². The van der Waals surface area contributed by atoms with E-state index in [0.717, 1.165) is 0 Å². The van der Waals surface area contributed by atoms with E-state index in [-0.39, 0.29) is 23.9 Å². The number of nitrogens with one attached hydrogen (secondary N) is 1. The lowest BCUT2D eigenvalue weighted by Crippen LogP contribution is -2.53. The van der Waals surface area contributed by atoms with Gasteiger partial charge in [-0.1, -0.05) is 0 Å². The highest BCUT2D eigenvalue weighted by Gasteiger charge is 1.10. The molecular formula is H5ClN2O2. The van der Waals surface area contributed by atoms with E-state index in [1.54, 1.807) is 0 Å². The second-order valence-electron chi connectivity index (χ2n) is 0.0833. The Morgan fingerprint density at radius 1 is 1.60 bits per heavy atom. The standard InChI is InChI=1S/ClH.HNO2.H3N/c;2-1-3;/h1H;1H;1H3. The number of hydrogen-bond donors (Lipinski definition) is 2. The summed E-state index contributed by atoms with van der Waals surface area (Å²) in [6.07, 6.45) is 0. The molecule has 0 unspecified atom stereocenters. The van der Waals surface area contributed by atoms with Gasteiger partial charge < -0.3 is 6.15 Å². The van der Waals surface area contributed by atoms with Gasteiger partial charge in [0.1, 0.15) is 0 Å². The van der Waals surface area contributed by atoms with E-state index < -0.39 is 0 Å². The molecule has 4 nitrogen and oxygen atoms in total. The van der Waals surface area contributed by atoms with Crippen molar-refractivity contribution in [2.24, 2.45) is 0 Å². The van der Waals surface area contributed by atoms with Crippen molar-refractivity contribution in [2.75, 3.05) is 0 Å². The van der Waals surface area contributed by atoms with Gasteiger partial charge in [0.15, 0.2) is 0 Å². The predicted molar refractivity (Wildman–Crippen MR) is 20.0 cm³/mol. The van der Waals surface area contributed by atoms with E-state index in [2.05, 4.69) is 0 Å². The normalized spacial score (nSPS) is 2.40. The third-order valence-corrected chi connectivity index (χ3v) is 0. The molecule has 0 bridgehead atoms. The fourth-order valence-electron chi connectivity index (χ4n) is 0. The summed E-state index contributed by atoms with van der Waals surface area (Å²) in [4.78, 5) is 8.12. The molecule has 0 fully saturated rings. The molecule has 0 aromatic carbocycles. The van der Waals surface area contributed by atoms with Crippen molar-refractivity contribution in [1.82, 2.24) is 6.15 Å². The van der Waals surface area contributed by atoms with Crippen LogP contribution in [0, 0.1) is 10.1 Å². The fraction of sp³-hybridized carbons (Fsp3) is 0. The molecule has 0 heterocycles. The third kappa shape index (κ3) is 81.1. The Morgan fingerprint density at radius 2 is 1.60 bits per heavy atom. The first kappa shape index (κ1) is 22.8. The van der Waals surface area contributed by atoms with Crippen LogP contribution in [-0.2, 0) is 0 Å². The molecule has 0 aliphatic rings. The molecule has 5 heavy (non-hydrogen) atoms. The molecule has 5 heteroatoms. The molecule has 0 radical (unpaired) electrons. The van der Waals surface area contributed by atoms with Crippen LogP contribution < -0.4 is 11.5 Å². The highest BCUT2D eigenvalue weighted by atomic mass is 35.5. The van der Waals surface area contributed by atoms with Gasteiger partial charge in [0.25, 0.3) is 0 Å². The van der Waals surface area contributed by atoms with E-state index in [1.807, 2.05) is 0 Å². The quantitative estimate of drug-likeness (QED) is 0.300. The summed E-state index contributed by atoms with van der Waals surface area (Å²) in [6.45, 7) is 0. The Bertz CT molecular complexity index is 15.1. The minimum atomic E-state index is 0. The van der Waals surface area contributed by atoms with Crippen molar-refractivity contribution in [1.29, 1.82) is 0 Å². The van der Waals surface area contributed by atoms with Crippen molar-refractivity contribution in [3.63, 3.8) is 0 Å². The summed E-state index contributed by atoms with van der Waals surface area (Å²) in [5, 5.41) is 8.38. The third-order valence-electron chi connectivity index (χ3n) is 0. The van der Waals surface area contributed by atoms with Gasteiger partial charge in [-0.2, -0.15) is 0 Å². The highest BCUT2D eigenvalue weighted by molar-refractivity contribution is 5.85. The Kier molecular flexibility index (Phi) is 276. The van der Waals surface area contributed by atoms with Crippen LogP contribution in [0.3, 0.4) is 0 Å². The lowest BCUT2D eigenvalue weighted by molar-refractivity contribution is -0.398. The lowest BCUT2D eigenvalue weighted by atomic mass is 13.4. The molecule has 0 saturated heterocycles. The fourth-order valence-corrected chi connectivity index (χ4v) is 0. The van der Waals surface area contributed by atoms with Crippen molar-refractivity contribution >= 4 is 12.4 Å². The molecule has 0 aliphatic carbocycles. The van der Waals surface area contributed by atoms with E-state index in [4.69, 9.17) is 10.1 Å². The van der Waals surface area contributed by atoms with Gasteiger partial charge >= 0.3 is 0 Å². The van der Waals surface area contributed by atoms with Gasteiger partial charge in [-0.05, 0) is 0 Å². The van der Waals surface area contributed by atoms with Crippen molar-refractivity contribution in [3.8, 4) is 0 Å². The second kappa shape index (κ2) is 60.7. The highest BCUT2D eigenvalue weighted by Crippen LogP contribution is 0.690. The average molecular weight is 101 g/mol. The van der Waals surface area contributed by atoms with Gasteiger partial charge in [-0.25, -0.2) is 0 Å². The topological polar surface area (TPSA) is 89.1 Å². The zero-order valence-electron chi connectivity index (χ0n) is 2.43.